The molecule has 0 N–H and O–H groups in total. The molecule has 0 aromatic rings. The normalized spacial score (nSPS) is 16.7. The highest BCUT2D eigenvalue weighted by Crippen LogP contribution is 2.26. The Hall–Kier alpha value is -0.0956. The van der Waals surface area contributed by atoms with E-state index in [1.165, 1.54) is 0 Å². The summed E-state index contributed by atoms with van der Waals surface area (Å²) in [6, 6.07) is 0. The lowest BCUT2D eigenvalue weighted by Crippen LogP contribution is -2.53. The third kappa shape index (κ3) is 17.1. The largest absolute Gasteiger partial charge is 0.518 e. The van der Waals surface area contributed by atoms with Crippen LogP contribution >= 0.6 is 0 Å². The second-order valence-corrected chi connectivity index (χ2v) is 35.7. The minimum absolute atomic E-state index is 0.188. The lowest BCUT2D eigenvalue weighted by atomic mass is 10.1. The monoisotopic (exact) mass is 554 g/mol. The first-order valence-electron chi connectivity index (χ1n) is 11.8. The van der Waals surface area contributed by atoms with Crippen LogP contribution in [0.3, 0.4) is 0 Å². The van der Waals surface area contributed by atoms with Gasteiger partial charge in [0.1, 0.15) is 6.10 Å². The predicted molar refractivity (Wildman–Crippen MR) is 148 cm³/mol. The van der Waals surface area contributed by atoms with Gasteiger partial charge >= 0.3 is 11.9 Å². The Labute approximate surface area is 207 Å². The van der Waals surface area contributed by atoms with Crippen LogP contribution in [0.2, 0.25) is 98.2 Å². The van der Waals surface area contributed by atoms with Crippen molar-refractivity contribution in [2.45, 2.75) is 123 Å². The van der Waals surface area contributed by atoms with Gasteiger partial charge in [-0.15, -0.1) is 0 Å². The second-order valence-electron chi connectivity index (χ2n) is 13.4. The SMILES string of the molecule is C[Si](C)(C)OC(=O)[C@H](C[C@H](O[Si](C)(C)C)[C@H](O[Si](C)(C)C)C(=O)O[Si](C)(C)C)O[Si](C)(C)C. The maximum atomic E-state index is 13.3. The fraction of sp³-hybridized carbons (Fsp3) is 0.905. The molecule has 33 heavy (non-hydrogen) atoms. The minimum Gasteiger partial charge on any atom is -0.518 e. The molecule has 0 bridgehead atoms. The second kappa shape index (κ2) is 11.8. The molecule has 0 rings (SSSR count). The molecule has 0 aliphatic rings. The Morgan fingerprint density at radius 3 is 1.21 bits per heavy atom. The topological polar surface area (TPSA) is 80.3 Å². The van der Waals surface area contributed by atoms with Gasteiger partial charge in [0.25, 0.3) is 0 Å². The summed E-state index contributed by atoms with van der Waals surface area (Å²) in [7, 11) is -10.7. The molecule has 0 unspecified atom stereocenters. The van der Waals surface area contributed by atoms with E-state index in [4.69, 9.17) is 22.1 Å². The van der Waals surface area contributed by atoms with E-state index < -0.39 is 65.9 Å². The summed E-state index contributed by atoms with van der Waals surface area (Å²) in [6.07, 6.45) is -2.21. The third-order valence-corrected chi connectivity index (χ3v) is 8.16. The molecule has 0 spiro atoms. The van der Waals surface area contributed by atoms with Crippen molar-refractivity contribution in [2.24, 2.45) is 0 Å². The molecule has 196 valence electrons. The Morgan fingerprint density at radius 1 is 0.515 bits per heavy atom. The van der Waals surface area contributed by atoms with E-state index in [0.29, 0.717) is 0 Å². The Kier molecular flexibility index (Phi) is 11.7. The molecule has 7 nitrogen and oxygen atoms in total. The van der Waals surface area contributed by atoms with Crippen molar-refractivity contribution in [1.29, 1.82) is 0 Å². The van der Waals surface area contributed by atoms with Gasteiger partial charge in [0, 0.05) is 6.42 Å². The summed E-state index contributed by atoms with van der Waals surface area (Å²) in [4.78, 5) is 26.5. The van der Waals surface area contributed by atoms with Gasteiger partial charge < -0.3 is 22.1 Å². The summed E-state index contributed by atoms with van der Waals surface area (Å²) >= 11 is 0. The summed E-state index contributed by atoms with van der Waals surface area (Å²) in [5, 5.41) is 0. The van der Waals surface area contributed by atoms with E-state index in [1.807, 2.05) is 78.6 Å². The van der Waals surface area contributed by atoms with Crippen molar-refractivity contribution in [1.82, 2.24) is 0 Å². The van der Waals surface area contributed by atoms with Gasteiger partial charge in [0.15, 0.2) is 31.1 Å². The fourth-order valence-electron chi connectivity index (χ4n) is 2.90. The molecule has 0 aliphatic heterocycles. The summed E-state index contributed by atoms with van der Waals surface area (Å²) in [5.74, 6) is -0.795. The number of rotatable bonds is 13. The standard InChI is InChI=1S/C21H50O7Si5/c1-29(2,3)24-17(19(26-31(7,8)9)21(23)28-33(13,14)15)16-18(25-30(4,5)6)20(22)27-32(10,11)12/h17-19H,16H2,1-15H3/t17-,18-,19-/m0/s1. The third-order valence-electron chi connectivity index (χ3n) is 3.57. The van der Waals surface area contributed by atoms with Gasteiger partial charge in [-0.2, -0.15) is 0 Å². The first-order valence-corrected chi connectivity index (χ1v) is 28.8. The molecule has 0 saturated carbocycles. The van der Waals surface area contributed by atoms with E-state index in [-0.39, 0.29) is 12.4 Å². The van der Waals surface area contributed by atoms with E-state index >= 15 is 0 Å². The van der Waals surface area contributed by atoms with Gasteiger partial charge in [-0.1, -0.05) is 0 Å². The number of carbonyl (C=O) groups is 2. The number of hydrogen-bond donors (Lipinski definition) is 0. The van der Waals surface area contributed by atoms with Crippen LogP contribution in [0, 0.1) is 0 Å². The first kappa shape index (κ1) is 32.9. The summed E-state index contributed by atoms with van der Waals surface area (Å²) < 4.78 is 30.8. The van der Waals surface area contributed by atoms with E-state index in [2.05, 4.69) is 19.6 Å². The Balaban J connectivity index is 6.31. The van der Waals surface area contributed by atoms with Crippen molar-refractivity contribution in [3.05, 3.63) is 0 Å². The molecule has 0 saturated heterocycles. The Morgan fingerprint density at radius 2 is 0.879 bits per heavy atom. The lowest BCUT2D eigenvalue weighted by molar-refractivity contribution is -0.153. The molecule has 0 radical (unpaired) electrons. The molecule has 0 aromatic carbocycles. The molecule has 0 heterocycles. The highest BCUT2D eigenvalue weighted by molar-refractivity contribution is 6.72. The van der Waals surface area contributed by atoms with Crippen LogP contribution in [0.15, 0.2) is 0 Å². The van der Waals surface area contributed by atoms with Gasteiger partial charge in [-0.05, 0) is 98.2 Å². The maximum absolute atomic E-state index is 13.3. The molecule has 3 atom stereocenters. The maximum Gasteiger partial charge on any atom is 0.323 e. The van der Waals surface area contributed by atoms with Crippen molar-refractivity contribution >= 4 is 53.5 Å². The quantitative estimate of drug-likeness (QED) is 0.266. The van der Waals surface area contributed by atoms with Gasteiger partial charge in [-0.25, -0.2) is 0 Å². The van der Waals surface area contributed by atoms with Crippen molar-refractivity contribution in [3.63, 3.8) is 0 Å². The fourth-order valence-corrected chi connectivity index (χ4v) is 7.54. The predicted octanol–water partition coefficient (Wildman–Crippen LogP) is 5.79. The minimum atomic E-state index is -2.16. The number of carbonyl (C=O) groups excluding carboxylic acids is 2. The van der Waals surface area contributed by atoms with Gasteiger partial charge in [0.2, 0.25) is 16.6 Å². The first-order chi connectivity index (χ1) is 14.3. The Bertz CT molecular complexity index is 652. The lowest BCUT2D eigenvalue weighted by Gasteiger charge is -2.38. The van der Waals surface area contributed by atoms with Crippen molar-refractivity contribution in [3.8, 4) is 0 Å². The van der Waals surface area contributed by atoms with Gasteiger partial charge in [0.05, 0.1) is 6.10 Å². The summed E-state index contributed by atoms with van der Waals surface area (Å²) in [6.45, 7) is 30.2. The van der Waals surface area contributed by atoms with Crippen LogP contribution in [0.25, 0.3) is 0 Å². The van der Waals surface area contributed by atoms with E-state index in [0.717, 1.165) is 0 Å². The molecule has 0 aromatic heterocycles. The van der Waals surface area contributed by atoms with Crippen LogP contribution in [0.5, 0.6) is 0 Å². The molecule has 0 amide bonds. The van der Waals surface area contributed by atoms with Crippen molar-refractivity contribution in [2.75, 3.05) is 0 Å². The zero-order valence-electron chi connectivity index (χ0n) is 23.8. The molecule has 0 aliphatic carbocycles. The van der Waals surface area contributed by atoms with Crippen LogP contribution < -0.4 is 0 Å². The zero-order chi connectivity index (χ0) is 26.6. The van der Waals surface area contributed by atoms with Crippen LogP contribution in [-0.4, -0.2) is 71.8 Å². The van der Waals surface area contributed by atoms with Crippen LogP contribution in [0.4, 0.5) is 0 Å². The van der Waals surface area contributed by atoms with Crippen LogP contribution in [0.1, 0.15) is 6.42 Å². The van der Waals surface area contributed by atoms with E-state index in [9.17, 15) is 9.59 Å². The molecule has 12 heteroatoms. The highest BCUT2D eigenvalue weighted by Gasteiger charge is 2.43. The summed E-state index contributed by atoms with van der Waals surface area (Å²) in [5.41, 5.74) is 0. The highest BCUT2D eigenvalue weighted by atomic mass is 28.4. The molecule has 0 fully saturated rings. The molecular formula is C21H50O7Si5. The van der Waals surface area contributed by atoms with E-state index in [1.54, 1.807) is 0 Å². The average molecular weight is 555 g/mol. The zero-order valence-corrected chi connectivity index (χ0v) is 28.8. The smallest absolute Gasteiger partial charge is 0.323 e. The van der Waals surface area contributed by atoms with Crippen LogP contribution in [-0.2, 0) is 31.7 Å². The van der Waals surface area contributed by atoms with Crippen molar-refractivity contribution < 1.29 is 31.7 Å². The number of hydrogen-bond acceptors (Lipinski definition) is 7. The van der Waals surface area contributed by atoms with Gasteiger partial charge in [-0.3, -0.25) is 9.59 Å². The molecular weight excluding hydrogens is 505 g/mol. The average Bonchev–Trinajstić information content (AvgIpc) is 2.44.